The standard InChI is InChI=1S/C11H19N3O4/c1-3-8-4-7(14-18-8)5-10(15)13-6-9(12-2)11(16)17/h8-9,12H,3-6H2,1-2H3,(H,13,15)(H,16,17). The number of nitrogens with zero attached hydrogens (tertiary/aromatic N) is 1. The quantitative estimate of drug-likeness (QED) is 0.582. The average molecular weight is 257 g/mol. The smallest absolute Gasteiger partial charge is 0.322 e. The van der Waals surface area contributed by atoms with Crippen molar-refractivity contribution in [3.05, 3.63) is 0 Å². The SMILES string of the molecule is CCC1CC(CC(=O)NCC(NC)C(=O)O)=NO1. The minimum absolute atomic E-state index is 0.0516. The zero-order valence-electron chi connectivity index (χ0n) is 10.6. The molecule has 2 unspecified atom stereocenters. The lowest BCUT2D eigenvalue weighted by Crippen LogP contribution is -2.44. The molecule has 1 aliphatic heterocycles. The van der Waals surface area contributed by atoms with Gasteiger partial charge in [-0.25, -0.2) is 0 Å². The summed E-state index contributed by atoms with van der Waals surface area (Å²) in [7, 11) is 1.53. The van der Waals surface area contributed by atoms with E-state index in [9.17, 15) is 9.59 Å². The molecule has 3 N–H and O–H groups in total. The van der Waals surface area contributed by atoms with Crippen LogP contribution in [-0.2, 0) is 14.4 Å². The first-order valence-corrected chi connectivity index (χ1v) is 5.95. The van der Waals surface area contributed by atoms with Gasteiger partial charge in [-0.05, 0) is 13.5 Å². The zero-order valence-corrected chi connectivity index (χ0v) is 10.6. The molecule has 1 aliphatic rings. The third kappa shape index (κ3) is 4.33. The van der Waals surface area contributed by atoms with E-state index in [1.54, 1.807) is 0 Å². The summed E-state index contributed by atoms with van der Waals surface area (Å²) >= 11 is 0. The number of rotatable bonds is 7. The molecule has 0 radical (unpaired) electrons. The lowest BCUT2D eigenvalue weighted by molar-refractivity contribution is -0.139. The van der Waals surface area contributed by atoms with Crippen LogP contribution in [0.4, 0.5) is 0 Å². The molecule has 1 heterocycles. The minimum atomic E-state index is -0.995. The molecule has 7 heteroatoms. The number of carboxylic acids is 1. The monoisotopic (exact) mass is 257 g/mol. The van der Waals surface area contributed by atoms with Gasteiger partial charge >= 0.3 is 5.97 Å². The van der Waals surface area contributed by atoms with Gasteiger partial charge in [0, 0.05) is 13.0 Å². The Morgan fingerprint density at radius 2 is 2.33 bits per heavy atom. The Balaban J connectivity index is 2.28. The summed E-state index contributed by atoms with van der Waals surface area (Å²) in [6, 6.07) is -0.779. The summed E-state index contributed by atoms with van der Waals surface area (Å²) in [5, 5.41) is 17.8. The van der Waals surface area contributed by atoms with Crippen molar-refractivity contribution in [2.75, 3.05) is 13.6 Å². The zero-order chi connectivity index (χ0) is 13.5. The molecule has 0 fully saturated rings. The molecular formula is C11H19N3O4. The van der Waals surface area contributed by atoms with E-state index in [0.717, 1.165) is 6.42 Å². The van der Waals surface area contributed by atoms with Crippen LogP contribution in [0.3, 0.4) is 0 Å². The Labute approximate surface area is 106 Å². The molecule has 0 aromatic heterocycles. The fraction of sp³-hybridized carbons (Fsp3) is 0.727. The van der Waals surface area contributed by atoms with E-state index < -0.39 is 12.0 Å². The fourth-order valence-electron chi connectivity index (χ4n) is 1.59. The molecular weight excluding hydrogens is 238 g/mol. The number of oxime groups is 1. The van der Waals surface area contributed by atoms with Crippen LogP contribution in [0.5, 0.6) is 0 Å². The first-order chi connectivity index (χ1) is 8.56. The van der Waals surface area contributed by atoms with Gasteiger partial charge in [0.25, 0.3) is 0 Å². The van der Waals surface area contributed by atoms with Gasteiger partial charge in [-0.3, -0.25) is 9.59 Å². The molecule has 0 aromatic rings. The van der Waals surface area contributed by atoms with Crippen LogP contribution in [0.25, 0.3) is 0 Å². The molecule has 0 spiro atoms. The van der Waals surface area contributed by atoms with E-state index in [0.29, 0.717) is 12.1 Å². The van der Waals surface area contributed by atoms with Crippen molar-refractivity contribution in [2.45, 2.75) is 38.3 Å². The maximum absolute atomic E-state index is 11.6. The molecule has 0 bridgehead atoms. The van der Waals surface area contributed by atoms with Gasteiger partial charge in [0.1, 0.15) is 12.1 Å². The van der Waals surface area contributed by atoms with Crippen molar-refractivity contribution in [1.29, 1.82) is 0 Å². The molecule has 0 saturated heterocycles. The maximum Gasteiger partial charge on any atom is 0.322 e. The Morgan fingerprint density at radius 1 is 1.61 bits per heavy atom. The van der Waals surface area contributed by atoms with Crippen molar-refractivity contribution >= 4 is 17.6 Å². The van der Waals surface area contributed by atoms with Crippen LogP contribution in [0.15, 0.2) is 5.16 Å². The topological polar surface area (TPSA) is 100 Å². The molecule has 1 rings (SSSR count). The molecule has 7 nitrogen and oxygen atoms in total. The largest absolute Gasteiger partial charge is 0.480 e. The summed E-state index contributed by atoms with van der Waals surface area (Å²) in [4.78, 5) is 27.4. The lowest BCUT2D eigenvalue weighted by Gasteiger charge is -2.11. The van der Waals surface area contributed by atoms with E-state index in [1.165, 1.54) is 7.05 Å². The third-order valence-corrected chi connectivity index (χ3v) is 2.76. The fourth-order valence-corrected chi connectivity index (χ4v) is 1.59. The maximum atomic E-state index is 11.6. The normalized spacial score (nSPS) is 19.9. The summed E-state index contributed by atoms with van der Waals surface area (Å²) < 4.78 is 0. The molecule has 1 amide bonds. The summed E-state index contributed by atoms with van der Waals surface area (Å²) in [6.45, 7) is 2.05. The van der Waals surface area contributed by atoms with Gasteiger partial charge in [-0.1, -0.05) is 12.1 Å². The Hall–Kier alpha value is -1.63. The van der Waals surface area contributed by atoms with Crippen LogP contribution < -0.4 is 10.6 Å². The molecule has 0 saturated carbocycles. The Bertz CT molecular complexity index is 343. The van der Waals surface area contributed by atoms with E-state index in [-0.39, 0.29) is 25.0 Å². The average Bonchev–Trinajstić information content (AvgIpc) is 2.77. The van der Waals surface area contributed by atoms with Crippen LogP contribution >= 0.6 is 0 Å². The second kappa shape index (κ2) is 6.95. The van der Waals surface area contributed by atoms with Gasteiger partial charge < -0.3 is 20.6 Å². The van der Waals surface area contributed by atoms with Crippen LogP contribution in [0.2, 0.25) is 0 Å². The van der Waals surface area contributed by atoms with E-state index >= 15 is 0 Å². The van der Waals surface area contributed by atoms with Crippen LogP contribution in [-0.4, -0.2) is 48.4 Å². The van der Waals surface area contributed by atoms with Crippen molar-refractivity contribution in [1.82, 2.24) is 10.6 Å². The number of hydrogen-bond donors (Lipinski definition) is 3. The number of carboxylic acid groups (broad SMARTS) is 1. The van der Waals surface area contributed by atoms with Crippen molar-refractivity contribution < 1.29 is 19.5 Å². The number of amides is 1. The van der Waals surface area contributed by atoms with E-state index in [1.807, 2.05) is 6.92 Å². The highest BCUT2D eigenvalue weighted by Gasteiger charge is 2.22. The molecule has 0 aromatic carbocycles. The number of likely N-dealkylation sites (N-methyl/N-ethyl adjacent to an activating group) is 1. The predicted molar refractivity (Wildman–Crippen MR) is 65.3 cm³/mol. The number of aliphatic carboxylic acids is 1. The van der Waals surface area contributed by atoms with Crippen molar-refractivity contribution in [3.63, 3.8) is 0 Å². The molecule has 102 valence electrons. The summed E-state index contributed by atoms with van der Waals surface area (Å²) in [5.74, 6) is -1.24. The highest BCUT2D eigenvalue weighted by molar-refractivity contribution is 6.01. The highest BCUT2D eigenvalue weighted by Crippen LogP contribution is 2.14. The lowest BCUT2D eigenvalue weighted by atomic mass is 10.1. The van der Waals surface area contributed by atoms with Crippen molar-refractivity contribution in [3.8, 4) is 0 Å². The van der Waals surface area contributed by atoms with Gasteiger partial charge in [-0.2, -0.15) is 0 Å². The van der Waals surface area contributed by atoms with Gasteiger partial charge in [0.2, 0.25) is 5.91 Å². The Kier molecular flexibility index (Phi) is 5.57. The highest BCUT2D eigenvalue weighted by atomic mass is 16.6. The molecule has 2 atom stereocenters. The number of carbonyl (C=O) groups excluding carboxylic acids is 1. The summed E-state index contributed by atoms with van der Waals surface area (Å²) in [6.07, 6.45) is 1.75. The number of carbonyl (C=O) groups is 2. The minimum Gasteiger partial charge on any atom is -0.480 e. The number of hydrogen-bond acceptors (Lipinski definition) is 5. The second-order valence-corrected chi connectivity index (χ2v) is 4.16. The number of nitrogens with one attached hydrogen (secondary N) is 2. The van der Waals surface area contributed by atoms with Crippen molar-refractivity contribution in [2.24, 2.45) is 5.16 Å². The van der Waals surface area contributed by atoms with Gasteiger partial charge in [0.15, 0.2) is 0 Å². The predicted octanol–water partition coefficient (Wildman–Crippen LogP) is -0.280. The van der Waals surface area contributed by atoms with Gasteiger partial charge in [0.05, 0.1) is 12.1 Å². The Morgan fingerprint density at radius 3 is 2.83 bits per heavy atom. The third-order valence-electron chi connectivity index (χ3n) is 2.76. The first kappa shape index (κ1) is 14.4. The molecule has 0 aliphatic carbocycles. The van der Waals surface area contributed by atoms with E-state index in [2.05, 4.69) is 15.8 Å². The first-order valence-electron chi connectivity index (χ1n) is 5.95. The van der Waals surface area contributed by atoms with Crippen LogP contribution in [0.1, 0.15) is 26.2 Å². The molecule has 18 heavy (non-hydrogen) atoms. The van der Waals surface area contributed by atoms with Crippen LogP contribution in [0, 0.1) is 0 Å². The van der Waals surface area contributed by atoms with E-state index in [4.69, 9.17) is 9.94 Å². The second-order valence-electron chi connectivity index (χ2n) is 4.16. The van der Waals surface area contributed by atoms with Gasteiger partial charge in [-0.15, -0.1) is 0 Å². The summed E-state index contributed by atoms with van der Waals surface area (Å²) in [5.41, 5.74) is 0.704.